The average molecular weight is 102 g/mol. The zero-order valence-corrected chi connectivity index (χ0v) is 5.86. The maximum absolute atomic E-state index is 0. The Hall–Kier alpha value is 1.92. The summed E-state index contributed by atoms with van der Waals surface area (Å²) in [6.07, 6.45) is 0. The maximum Gasteiger partial charge on any atom is 2.00 e. The first-order valence-electron chi connectivity index (χ1n) is 0. The summed E-state index contributed by atoms with van der Waals surface area (Å²) in [5, 5.41) is 0. The van der Waals surface area contributed by atoms with E-state index in [9.17, 15) is 0 Å². The molecule has 0 saturated heterocycles. The predicted molar refractivity (Wildman–Crippen MR) is 15.7 cm³/mol. The summed E-state index contributed by atoms with van der Waals surface area (Å²) in [5.41, 5.74) is 0. The van der Waals surface area contributed by atoms with Gasteiger partial charge in [0.15, 0.2) is 0 Å². The number of rotatable bonds is 0. The maximum atomic E-state index is 0. The second-order valence-corrected chi connectivity index (χ2v) is 0. The van der Waals surface area contributed by atoms with E-state index in [2.05, 4.69) is 0 Å². The molecule has 4 heavy (non-hydrogen) atoms. The van der Waals surface area contributed by atoms with Crippen molar-refractivity contribution < 1.29 is 13.0 Å². The van der Waals surface area contributed by atoms with Crippen LogP contribution in [0.1, 0.15) is 2.85 Å². The minimum atomic E-state index is 0. The van der Waals surface area contributed by atoms with Crippen LogP contribution in [0, 0.1) is 0 Å². The van der Waals surface area contributed by atoms with Crippen LogP contribution in [0.4, 0.5) is 0 Å². The molecule has 0 unspecified atom stereocenters. The third-order valence-electron chi connectivity index (χ3n) is 0. The summed E-state index contributed by atoms with van der Waals surface area (Å²) in [5.74, 6) is 0. The Kier molecular flexibility index (Phi) is 200. The molecule has 0 amide bonds. The largest absolute Gasteiger partial charge is 2.00 e. The molecule has 4 heteroatoms. The molecule has 0 aromatic heterocycles. The van der Waals surface area contributed by atoms with Crippen molar-refractivity contribution in [2.45, 2.75) is 0 Å². The first kappa shape index (κ1) is 38.9. The van der Waals surface area contributed by atoms with E-state index in [1.54, 1.807) is 0 Å². The van der Waals surface area contributed by atoms with Gasteiger partial charge in [-0.2, -0.15) is 0 Å². The van der Waals surface area contributed by atoms with E-state index in [-0.39, 0.29) is 73.8 Å². The first-order chi connectivity index (χ1) is 0. The minimum Gasteiger partial charge on any atom is -1.00 e. The van der Waals surface area contributed by atoms with Gasteiger partial charge in [0.2, 0.25) is 0 Å². The van der Waals surface area contributed by atoms with Crippen molar-refractivity contribution in [2.24, 2.45) is 0 Å². The molecule has 20 valence electrons. The second kappa shape index (κ2) is 20.5. The van der Waals surface area contributed by atoms with Crippen LogP contribution in [-0.2, 0) is 0 Å². The summed E-state index contributed by atoms with van der Waals surface area (Å²) < 4.78 is 0. The number of hydrogen-bond acceptors (Lipinski definition) is 1. The number of halogens is 1. The zero-order valence-electron chi connectivity index (χ0n) is 4.24. The van der Waals surface area contributed by atoms with E-state index in [4.69, 9.17) is 0 Å². The van der Waals surface area contributed by atoms with Crippen molar-refractivity contribution in [1.82, 2.24) is 0 Å². The molecule has 1 N–H and O–H groups in total. The molecule has 0 aromatic carbocycles. The summed E-state index contributed by atoms with van der Waals surface area (Å²) in [6.45, 7) is 0. The molecule has 0 spiro atoms. The fourth-order valence-corrected chi connectivity index (χ4v) is 0. The standard InChI is InChI=1S/Ca.FH.Mg.H2O.2H/h;1H;;1H2;;/q+2;;+2;;2*-1/p-2. The molecule has 0 atom stereocenters. The van der Waals surface area contributed by atoms with Crippen molar-refractivity contribution in [3.8, 4) is 0 Å². The van der Waals surface area contributed by atoms with Gasteiger partial charge >= 0.3 is 60.8 Å². The molecule has 0 aliphatic heterocycles. The fourth-order valence-electron chi connectivity index (χ4n) is 0. The summed E-state index contributed by atoms with van der Waals surface area (Å²) in [6, 6.07) is 0. The molecule has 0 saturated carbocycles. The molecule has 0 aliphatic carbocycles. The molecule has 0 heterocycles. The molecular formula is H3CaFMgO. The van der Waals surface area contributed by atoms with Crippen LogP contribution in [-0.4, -0.2) is 66.3 Å². The average Bonchev–Trinajstić information content (AvgIpc) is 0. The summed E-state index contributed by atoms with van der Waals surface area (Å²) in [4.78, 5) is 0. The Labute approximate surface area is 72.9 Å². The van der Waals surface area contributed by atoms with Gasteiger partial charge < -0.3 is 13.0 Å². The smallest absolute Gasteiger partial charge is 1.00 e. The van der Waals surface area contributed by atoms with Crippen LogP contribution in [0.5, 0.6) is 0 Å². The summed E-state index contributed by atoms with van der Waals surface area (Å²) >= 11 is 0. The SMILES string of the molecule is [Ca+2].[F-].[H-].[H-].[Mg+2].[OH-]. The quantitative estimate of drug-likeness (QED) is 0.290. The molecule has 0 aromatic rings. The molecule has 1 nitrogen and oxygen atoms in total. The predicted octanol–water partition coefficient (Wildman–Crippen LogP) is -3.71. The van der Waals surface area contributed by atoms with E-state index < -0.39 is 0 Å². The Balaban J connectivity index is 0. The molecule has 0 radical (unpaired) electrons. The van der Waals surface area contributed by atoms with Gasteiger partial charge in [0, 0.05) is 0 Å². The molecule has 0 bridgehead atoms. The van der Waals surface area contributed by atoms with E-state index >= 15 is 0 Å². The Morgan fingerprint density at radius 1 is 1.25 bits per heavy atom. The van der Waals surface area contributed by atoms with Crippen molar-refractivity contribution in [3.63, 3.8) is 0 Å². The van der Waals surface area contributed by atoms with Gasteiger partial charge in [-0.05, 0) is 0 Å². The van der Waals surface area contributed by atoms with Crippen molar-refractivity contribution >= 4 is 60.8 Å². The first-order valence-corrected chi connectivity index (χ1v) is 0. The van der Waals surface area contributed by atoms with Gasteiger partial charge in [-0.25, -0.2) is 0 Å². The zero-order chi connectivity index (χ0) is 0. The number of hydrogen-bond donors (Lipinski definition) is 0. The second-order valence-electron chi connectivity index (χ2n) is 0. The topological polar surface area (TPSA) is 30.0 Å². The van der Waals surface area contributed by atoms with Crippen LogP contribution in [0.3, 0.4) is 0 Å². The summed E-state index contributed by atoms with van der Waals surface area (Å²) in [7, 11) is 0. The Bertz CT molecular complexity index is 13.5. The third-order valence-corrected chi connectivity index (χ3v) is 0. The van der Waals surface area contributed by atoms with Crippen LogP contribution in [0.15, 0.2) is 0 Å². The van der Waals surface area contributed by atoms with E-state index in [1.165, 1.54) is 0 Å². The molecule has 0 fully saturated rings. The van der Waals surface area contributed by atoms with Gasteiger partial charge in [0.05, 0.1) is 0 Å². The van der Waals surface area contributed by atoms with Gasteiger partial charge in [0.1, 0.15) is 0 Å². The van der Waals surface area contributed by atoms with Crippen LogP contribution in [0.2, 0.25) is 0 Å². The van der Waals surface area contributed by atoms with E-state index in [0.717, 1.165) is 0 Å². The van der Waals surface area contributed by atoms with E-state index in [0.29, 0.717) is 0 Å². The van der Waals surface area contributed by atoms with Crippen LogP contribution >= 0.6 is 0 Å². The monoisotopic (exact) mass is 102 g/mol. The molecule has 0 rings (SSSR count). The van der Waals surface area contributed by atoms with Gasteiger partial charge in [-0.15, -0.1) is 0 Å². The van der Waals surface area contributed by atoms with Crippen molar-refractivity contribution in [2.75, 3.05) is 0 Å². The Morgan fingerprint density at radius 3 is 1.25 bits per heavy atom. The molecular weight excluding hydrogens is 99.4 g/mol. The third kappa shape index (κ3) is 9.07. The van der Waals surface area contributed by atoms with Gasteiger partial charge in [-0.1, -0.05) is 0 Å². The Morgan fingerprint density at radius 2 is 1.25 bits per heavy atom. The molecule has 0 aliphatic rings. The fraction of sp³-hybridized carbons (Fsp3) is 0. The normalized spacial score (nSPS) is 0. The van der Waals surface area contributed by atoms with E-state index in [1.807, 2.05) is 0 Å². The minimum absolute atomic E-state index is 0. The van der Waals surface area contributed by atoms with Crippen molar-refractivity contribution in [1.29, 1.82) is 0 Å². The van der Waals surface area contributed by atoms with Crippen LogP contribution in [0.25, 0.3) is 0 Å². The van der Waals surface area contributed by atoms with Crippen LogP contribution < -0.4 is 4.70 Å². The van der Waals surface area contributed by atoms with Gasteiger partial charge in [-0.3, -0.25) is 0 Å². The van der Waals surface area contributed by atoms with Gasteiger partial charge in [0.25, 0.3) is 0 Å². The van der Waals surface area contributed by atoms with Crippen molar-refractivity contribution in [3.05, 3.63) is 0 Å².